The molecule has 0 radical (unpaired) electrons. The van der Waals surface area contributed by atoms with Crippen LogP contribution in [0.1, 0.15) is 28.8 Å². The van der Waals surface area contributed by atoms with Gasteiger partial charge in [-0.1, -0.05) is 12.1 Å². The summed E-state index contributed by atoms with van der Waals surface area (Å²) in [7, 11) is 3.36. The van der Waals surface area contributed by atoms with E-state index in [4.69, 9.17) is 4.74 Å². The van der Waals surface area contributed by atoms with Crippen LogP contribution in [0.5, 0.6) is 5.75 Å². The van der Waals surface area contributed by atoms with Gasteiger partial charge in [0.1, 0.15) is 11.3 Å². The van der Waals surface area contributed by atoms with E-state index in [0.29, 0.717) is 12.5 Å². The third-order valence-electron chi connectivity index (χ3n) is 5.41. The van der Waals surface area contributed by atoms with Crippen molar-refractivity contribution in [3.63, 3.8) is 0 Å². The summed E-state index contributed by atoms with van der Waals surface area (Å²) >= 11 is 0. The average Bonchev–Trinajstić information content (AvgIpc) is 2.72. The molecule has 1 amide bonds. The highest BCUT2D eigenvalue weighted by atomic mass is 16.5. The lowest BCUT2D eigenvalue weighted by Crippen LogP contribution is -2.43. The topological polar surface area (TPSA) is 98.5 Å². The summed E-state index contributed by atoms with van der Waals surface area (Å²) in [5.41, 5.74) is -0.0406. The van der Waals surface area contributed by atoms with Crippen molar-refractivity contribution in [2.45, 2.75) is 19.3 Å². The maximum Gasteiger partial charge on any atom is 0.325 e. The Kier molecular flexibility index (Phi) is 6.87. The van der Waals surface area contributed by atoms with E-state index in [9.17, 15) is 14.4 Å². The number of methoxy groups -OCH3 is 1. The Hall–Kier alpha value is -2.87. The van der Waals surface area contributed by atoms with Gasteiger partial charge in [-0.2, -0.15) is 0 Å². The van der Waals surface area contributed by atoms with Crippen molar-refractivity contribution in [3.05, 3.63) is 62.4 Å². The van der Waals surface area contributed by atoms with Crippen molar-refractivity contribution in [1.82, 2.24) is 19.8 Å². The summed E-state index contributed by atoms with van der Waals surface area (Å²) in [6.07, 6.45) is 4.30. The van der Waals surface area contributed by atoms with E-state index in [-0.39, 0.29) is 11.5 Å². The molecule has 8 heteroatoms. The van der Waals surface area contributed by atoms with Crippen LogP contribution in [0.25, 0.3) is 0 Å². The largest absolute Gasteiger partial charge is 0.497 e. The highest BCUT2D eigenvalue weighted by molar-refractivity contribution is 5.93. The normalized spacial score (nSPS) is 17.1. The molecule has 1 aliphatic rings. The number of piperidine rings is 1. The molecule has 0 bridgehead atoms. The van der Waals surface area contributed by atoms with Gasteiger partial charge in [0.2, 0.25) is 0 Å². The van der Waals surface area contributed by atoms with E-state index in [1.807, 2.05) is 12.1 Å². The zero-order valence-corrected chi connectivity index (χ0v) is 16.9. The lowest BCUT2D eigenvalue weighted by molar-refractivity contribution is 0.0728. The number of benzene rings is 1. The summed E-state index contributed by atoms with van der Waals surface area (Å²) in [4.78, 5) is 44.0. The Labute approximate surface area is 169 Å². The fourth-order valence-electron chi connectivity index (χ4n) is 3.83. The summed E-state index contributed by atoms with van der Waals surface area (Å²) < 4.78 is 5.20. The zero-order chi connectivity index (χ0) is 20.8. The van der Waals surface area contributed by atoms with Gasteiger partial charge in [-0.15, -0.1) is 0 Å². The minimum absolute atomic E-state index is 0.0423. The summed E-state index contributed by atoms with van der Waals surface area (Å²) in [5, 5.41) is 0. The lowest BCUT2D eigenvalue weighted by Gasteiger charge is -2.34. The third kappa shape index (κ3) is 5.57. The van der Waals surface area contributed by atoms with Gasteiger partial charge in [0.15, 0.2) is 0 Å². The van der Waals surface area contributed by atoms with E-state index in [1.165, 1.54) is 11.8 Å². The number of aromatic nitrogens is 2. The molecule has 2 heterocycles. The van der Waals surface area contributed by atoms with Gasteiger partial charge in [-0.3, -0.25) is 14.6 Å². The molecule has 2 aromatic rings. The molecule has 0 saturated carbocycles. The molecule has 0 spiro atoms. The number of hydrogen-bond acceptors (Lipinski definition) is 5. The molecule has 1 fully saturated rings. The van der Waals surface area contributed by atoms with Crippen LogP contribution < -0.4 is 16.0 Å². The van der Waals surface area contributed by atoms with Crippen LogP contribution in [-0.4, -0.2) is 66.0 Å². The Morgan fingerprint density at radius 1 is 1.28 bits per heavy atom. The van der Waals surface area contributed by atoms with Gasteiger partial charge in [0.05, 0.1) is 7.11 Å². The van der Waals surface area contributed by atoms with Crippen molar-refractivity contribution < 1.29 is 9.53 Å². The number of carbonyl (C=O) groups excluding carboxylic acids is 1. The molecule has 8 nitrogen and oxygen atoms in total. The van der Waals surface area contributed by atoms with Crippen molar-refractivity contribution in [2.75, 3.05) is 40.3 Å². The molecule has 1 aliphatic heterocycles. The monoisotopic (exact) mass is 400 g/mol. The maximum absolute atomic E-state index is 12.6. The van der Waals surface area contributed by atoms with E-state index in [2.05, 4.69) is 27.0 Å². The predicted molar refractivity (Wildman–Crippen MR) is 111 cm³/mol. The minimum atomic E-state index is -0.657. The predicted octanol–water partition coefficient (Wildman–Crippen LogP) is 1.10. The summed E-state index contributed by atoms with van der Waals surface area (Å²) in [6, 6.07) is 8.14. The SMILES string of the molecule is COc1ccc(CCN2CCC[C@H](CN(C)C(=O)c3c[nH]c(=O)[nH]c3=O)C2)cc1. The molecule has 0 unspecified atom stereocenters. The molecule has 3 rings (SSSR count). The van der Waals surface area contributed by atoms with Crippen LogP contribution in [-0.2, 0) is 6.42 Å². The van der Waals surface area contributed by atoms with E-state index in [0.717, 1.165) is 44.6 Å². The number of ether oxygens (including phenoxy) is 1. The van der Waals surface area contributed by atoms with Gasteiger partial charge in [0.25, 0.3) is 11.5 Å². The maximum atomic E-state index is 12.6. The molecule has 2 N–H and O–H groups in total. The molecule has 1 saturated heterocycles. The number of amides is 1. The second-order valence-electron chi connectivity index (χ2n) is 7.58. The number of nitrogens with zero attached hydrogens (tertiary/aromatic N) is 2. The van der Waals surface area contributed by atoms with E-state index >= 15 is 0 Å². The number of carbonyl (C=O) groups is 1. The Bertz CT molecular complexity index is 935. The zero-order valence-electron chi connectivity index (χ0n) is 16.9. The molecular weight excluding hydrogens is 372 g/mol. The van der Waals surface area contributed by atoms with Crippen LogP contribution in [0.4, 0.5) is 0 Å². The third-order valence-corrected chi connectivity index (χ3v) is 5.41. The number of rotatable bonds is 7. The standard InChI is InChI=1S/C21H28N4O4/c1-24(20(27)18-12-22-21(28)23-19(18)26)13-16-4-3-10-25(14-16)11-9-15-5-7-17(29-2)8-6-15/h5-8,12,16H,3-4,9-11,13-14H2,1-2H3,(H2,22,23,26,28)/t16-/m1/s1. The van der Waals surface area contributed by atoms with Crippen LogP contribution in [0, 0.1) is 5.92 Å². The quantitative estimate of drug-likeness (QED) is 0.725. The first-order chi connectivity index (χ1) is 14.0. The van der Waals surface area contributed by atoms with Gasteiger partial charge in [-0.25, -0.2) is 4.79 Å². The molecule has 29 heavy (non-hydrogen) atoms. The Morgan fingerprint density at radius 3 is 2.72 bits per heavy atom. The smallest absolute Gasteiger partial charge is 0.325 e. The van der Waals surface area contributed by atoms with Gasteiger partial charge < -0.3 is 19.5 Å². The molecule has 1 aromatic heterocycles. The highest BCUT2D eigenvalue weighted by Crippen LogP contribution is 2.19. The Morgan fingerprint density at radius 2 is 2.03 bits per heavy atom. The fraction of sp³-hybridized carbons (Fsp3) is 0.476. The van der Waals surface area contributed by atoms with Crippen LogP contribution in [0.3, 0.4) is 0 Å². The van der Waals surface area contributed by atoms with Crippen LogP contribution >= 0.6 is 0 Å². The molecule has 1 atom stereocenters. The van der Waals surface area contributed by atoms with Crippen LogP contribution in [0.2, 0.25) is 0 Å². The fourth-order valence-corrected chi connectivity index (χ4v) is 3.83. The van der Waals surface area contributed by atoms with Crippen molar-refractivity contribution in [1.29, 1.82) is 0 Å². The number of likely N-dealkylation sites (tertiary alicyclic amines) is 1. The van der Waals surface area contributed by atoms with E-state index < -0.39 is 11.2 Å². The Balaban J connectivity index is 1.52. The molecule has 1 aromatic carbocycles. The lowest BCUT2D eigenvalue weighted by atomic mass is 9.97. The van der Waals surface area contributed by atoms with Gasteiger partial charge >= 0.3 is 5.69 Å². The number of aromatic amines is 2. The molecular formula is C21H28N4O4. The summed E-state index contributed by atoms with van der Waals surface area (Å²) in [5.74, 6) is 0.842. The number of hydrogen-bond donors (Lipinski definition) is 2. The first-order valence-corrected chi connectivity index (χ1v) is 9.89. The summed E-state index contributed by atoms with van der Waals surface area (Å²) in [6.45, 7) is 3.54. The second-order valence-corrected chi connectivity index (χ2v) is 7.58. The molecule has 0 aliphatic carbocycles. The second kappa shape index (κ2) is 9.56. The van der Waals surface area contributed by atoms with E-state index in [1.54, 1.807) is 19.1 Å². The van der Waals surface area contributed by atoms with Crippen molar-refractivity contribution in [3.8, 4) is 5.75 Å². The first-order valence-electron chi connectivity index (χ1n) is 9.89. The van der Waals surface area contributed by atoms with Gasteiger partial charge in [0, 0.05) is 32.9 Å². The minimum Gasteiger partial charge on any atom is -0.497 e. The van der Waals surface area contributed by atoms with Crippen molar-refractivity contribution in [2.24, 2.45) is 5.92 Å². The van der Waals surface area contributed by atoms with Crippen molar-refractivity contribution >= 4 is 5.91 Å². The average molecular weight is 400 g/mol. The van der Waals surface area contributed by atoms with Crippen LogP contribution in [0.15, 0.2) is 40.1 Å². The first kappa shape index (κ1) is 20.9. The number of H-pyrrole nitrogens is 2. The molecule has 156 valence electrons. The van der Waals surface area contributed by atoms with Gasteiger partial charge in [-0.05, 0) is 49.4 Å². The number of nitrogens with one attached hydrogen (secondary N) is 2. The highest BCUT2D eigenvalue weighted by Gasteiger charge is 2.24.